The number of hydrogen-bond acceptors (Lipinski definition) is 6. The number of pyridine rings is 1. The zero-order valence-electron chi connectivity index (χ0n) is 12.4. The Labute approximate surface area is 134 Å². The van der Waals surface area contributed by atoms with Gasteiger partial charge in [0, 0.05) is 24.0 Å². The highest BCUT2D eigenvalue weighted by molar-refractivity contribution is 5.77. The predicted octanol–water partition coefficient (Wildman–Crippen LogP) is 1.80. The van der Waals surface area contributed by atoms with Crippen molar-refractivity contribution < 1.29 is 28.2 Å². The summed E-state index contributed by atoms with van der Waals surface area (Å²) < 4.78 is 39.0. The quantitative estimate of drug-likeness (QED) is 0.760. The Morgan fingerprint density at radius 3 is 2.58 bits per heavy atom. The van der Waals surface area contributed by atoms with Gasteiger partial charge in [-0.2, -0.15) is 13.2 Å². The Balaban J connectivity index is 2.39. The lowest BCUT2D eigenvalue weighted by Crippen LogP contribution is -2.42. The van der Waals surface area contributed by atoms with E-state index in [4.69, 9.17) is 5.11 Å². The number of nitrogens with one attached hydrogen (secondary N) is 1. The van der Waals surface area contributed by atoms with Gasteiger partial charge in [0.1, 0.15) is 5.82 Å². The number of anilines is 1. The minimum atomic E-state index is -4.72. The maximum absolute atomic E-state index is 13.0. The molecule has 1 unspecified atom stereocenters. The molecule has 128 valence electrons. The molecule has 2 aromatic rings. The van der Waals surface area contributed by atoms with Crippen LogP contribution in [0.25, 0.3) is 11.4 Å². The van der Waals surface area contributed by atoms with Crippen LogP contribution in [-0.2, 0) is 11.0 Å². The minimum absolute atomic E-state index is 0.226. The summed E-state index contributed by atoms with van der Waals surface area (Å²) in [4.78, 5) is 22.0. The van der Waals surface area contributed by atoms with Gasteiger partial charge in [-0.05, 0) is 19.1 Å². The standard InChI is InChI=1S/C14H13F3N4O3/c1-13(24,12(22)23)7-19-10-5-9(14(15,16)17)20-11(21-10)8-3-2-4-18-6-8/h2-6,24H,7H2,1H3,(H,22,23)(H,19,20,21). The number of aliphatic carboxylic acids is 1. The van der Waals surface area contributed by atoms with Crippen LogP contribution in [0.2, 0.25) is 0 Å². The van der Waals surface area contributed by atoms with Crippen molar-refractivity contribution in [3.05, 3.63) is 36.3 Å². The number of aromatic nitrogens is 3. The number of alkyl halides is 3. The molecule has 0 spiro atoms. The van der Waals surface area contributed by atoms with Gasteiger partial charge in [0.2, 0.25) is 0 Å². The summed E-state index contributed by atoms with van der Waals surface area (Å²) in [6.45, 7) is 0.472. The number of halogens is 3. The molecule has 10 heteroatoms. The SMILES string of the molecule is CC(O)(CNc1cc(C(F)(F)F)nc(-c2cccnc2)n1)C(=O)O. The fraction of sp³-hybridized carbons (Fsp3) is 0.286. The molecule has 0 aliphatic heterocycles. The lowest BCUT2D eigenvalue weighted by atomic mass is 10.1. The maximum atomic E-state index is 13.0. The van der Waals surface area contributed by atoms with Crippen LogP contribution >= 0.6 is 0 Å². The molecule has 2 heterocycles. The lowest BCUT2D eigenvalue weighted by Gasteiger charge is -2.19. The van der Waals surface area contributed by atoms with E-state index in [1.165, 1.54) is 24.5 Å². The number of nitrogens with zero attached hydrogens (tertiary/aromatic N) is 3. The molecular formula is C14H13F3N4O3. The first-order valence-electron chi connectivity index (χ1n) is 6.66. The Morgan fingerprint density at radius 1 is 1.33 bits per heavy atom. The van der Waals surface area contributed by atoms with Gasteiger partial charge >= 0.3 is 12.1 Å². The molecule has 2 aromatic heterocycles. The minimum Gasteiger partial charge on any atom is -0.479 e. The fourth-order valence-electron chi connectivity index (χ4n) is 1.65. The van der Waals surface area contributed by atoms with Gasteiger partial charge in [-0.15, -0.1) is 0 Å². The van der Waals surface area contributed by atoms with Gasteiger partial charge in [-0.1, -0.05) is 0 Å². The molecular weight excluding hydrogens is 329 g/mol. The highest BCUT2D eigenvalue weighted by atomic mass is 19.4. The highest BCUT2D eigenvalue weighted by Crippen LogP contribution is 2.30. The van der Waals surface area contributed by atoms with E-state index in [1.54, 1.807) is 0 Å². The summed E-state index contributed by atoms with van der Waals surface area (Å²) >= 11 is 0. The number of hydrogen-bond donors (Lipinski definition) is 3. The van der Waals surface area contributed by atoms with Gasteiger partial charge in [0.05, 0.1) is 6.54 Å². The monoisotopic (exact) mass is 342 g/mol. The van der Waals surface area contributed by atoms with Crippen molar-refractivity contribution in [3.63, 3.8) is 0 Å². The zero-order chi connectivity index (χ0) is 18.0. The van der Waals surface area contributed by atoms with Gasteiger partial charge in [-0.3, -0.25) is 4.98 Å². The van der Waals surface area contributed by atoms with Crippen LogP contribution in [0.1, 0.15) is 12.6 Å². The third-order valence-electron chi connectivity index (χ3n) is 3.01. The van der Waals surface area contributed by atoms with E-state index in [2.05, 4.69) is 20.3 Å². The second-order valence-electron chi connectivity index (χ2n) is 5.13. The molecule has 0 saturated heterocycles. The number of carbonyl (C=O) groups is 1. The number of aliphatic hydroxyl groups is 1. The normalized spacial score (nSPS) is 14.0. The molecule has 0 saturated carbocycles. The second kappa shape index (κ2) is 6.40. The van der Waals surface area contributed by atoms with Crippen molar-refractivity contribution in [3.8, 4) is 11.4 Å². The molecule has 3 N–H and O–H groups in total. The third-order valence-corrected chi connectivity index (χ3v) is 3.01. The van der Waals surface area contributed by atoms with Gasteiger partial charge in [0.25, 0.3) is 0 Å². The summed E-state index contributed by atoms with van der Waals surface area (Å²) in [5.74, 6) is -2.01. The highest BCUT2D eigenvalue weighted by Gasteiger charge is 2.34. The van der Waals surface area contributed by atoms with Crippen LogP contribution in [0, 0.1) is 0 Å². The predicted molar refractivity (Wildman–Crippen MR) is 77.0 cm³/mol. The zero-order valence-corrected chi connectivity index (χ0v) is 12.4. The molecule has 0 fully saturated rings. The largest absolute Gasteiger partial charge is 0.479 e. The van der Waals surface area contributed by atoms with Crippen LogP contribution < -0.4 is 5.32 Å². The van der Waals surface area contributed by atoms with E-state index >= 15 is 0 Å². The fourth-order valence-corrected chi connectivity index (χ4v) is 1.65. The van der Waals surface area contributed by atoms with E-state index in [9.17, 15) is 23.1 Å². The molecule has 2 rings (SSSR count). The van der Waals surface area contributed by atoms with Crippen molar-refractivity contribution >= 4 is 11.8 Å². The van der Waals surface area contributed by atoms with E-state index in [0.29, 0.717) is 6.07 Å². The summed E-state index contributed by atoms with van der Waals surface area (Å²) in [6, 6.07) is 3.64. The summed E-state index contributed by atoms with van der Waals surface area (Å²) in [5.41, 5.74) is -3.11. The Hall–Kier alpha value is -2.75. The van der Waals surface area contributed by atoms with E-state index < -0.39 is 30.0 Å². The molecule has 0 aliphatic rings. The van der Waals surface area contributed by atoms with Crippen molar-refractivity contribution in [2.45, 2.75) is 18.7 Å². The second-order valence-corrected chi connectivity index (χ2v) is 5.13. The Bertz CT molecular complexity index is 736. The van der Waals surface area contributed by atoms with Crippen molar-refractivity contribution in [1.82, 2.24) is 15.0 Å². The third kappa shape index (κ3) is 4.16. The number of rotatable bonds is 5. The van der Waals surface area contributed by atoms with Crippen LogP contribution in [0.4, 0.5) is 19.0 Å². The molecule has 0 aliphatic carbocycles. The van der Waals surface area contributed by atoms with Gasteiger partial charge in [0.15, 0.2) is 17.1 Å². The van der Waals surface area contributed by atoms with Gasteiger partial charge in [-0.25, -0.2) is 14.8 Å². The summed E-state index contributed by atoms with van der Waals surface area (Å²) in [6.07, 6.45) is -1.97. The van der Waals surface area contributed by atoms with Crippen molar-refractivity contribution in [2.75, 3.05) is 11.9 Å². The average Bonchev–Trinajstić information content (AvgIpc) is 2.52. The Kier molecular flexibility index (Phi) is 4.69. The van der Waals surface area contributed by atoms with E-state index in [1.807, 2.05) is 0 Å². The van der Waals surface area contributed by atoms with Gasteiger partial charge < -0.3 is 15.5 Å². The first kappa shape index (κ1) is 17.6. The molecule has 7 nitrogen and oxygen atoms in total. The lowest BCUT2D eigenvalue weighted by molar-refractivity contribution is -0.155. The van der Waals surface area contributed by atoms with Crippen molar-refractivity contribution in [2.24, 2.45) is 0 Å². The van der Waals surface area contributed by atoms with E-state index in [0.717, 1.165) is 6.92 Å². The maximum Gasteiger partial charge on any atom is 0.433 e. The smallest absolute Gasteiger partial charge is 0.433 e. The molecule has 0 aromatic carbocycles. The van der Waals surface area contributed by atoms with E-state index in [-0.39, 0.29) is 17.2 Å². The van der Waals surface area contributed by atoms with Crippen LogP contribution in [0.5, 0.6) is 0 Å². The topological polar surface area (TPSA) is 108 Å². The Morgan fingerprint density at radius 2 is 2.04 bits per heavy atom. The van der Waals surface area contributed by atoms with Crippen molar-refractivity contribution in [1.29, 1.82) is 0 Å². The first-order chi connectivity index (χ1) is 11.1. The molecule has 0 radical (unpaired) electrons. The first-order valence-corrected chi connectivity index (χ1v) is 6.66. The molecule has 24 heavy (non-hydrogen) atoms. The summed E-state index contributed by atoms with van der Waals surface area (Å²) in [5, 5.41) is 20.8. The summed E-state index contributed by atoms with van der Waals surface area (Å²) in [7, 11) is 0. The van der Waals surface area contributed by atoms with Crippen LogP contribution in [-0.4, -0.2) is 43.3 Å². The van der Waals surface area contributed by atoms with Crippen LogP contribution in [0.15, 0.2) is 30.6 Å². The molecule has 0 amide bonds. The molecule has 1 atom stereocenters. The number of carboxylic acid groups (broad SMARTS) is 1. The number of carboxylic acids is 1. The molecule has 0 bridgehead atoms. The average molecular weight is 342 g/mol. The van der Waals surface area contributed by atoms with Crippen LogP contribution in [0.3, 0.4) is 0 Å².